The van der Waals surface area contributed by atoms with Crippen LogP contribution in [-0.4, -0.2) is 32.3 Å². The smallest absolute Gasteiger partial charge is 0.323 e. The Kier molecular flexibility index (Phi) is 4.65. The standard InChI is InChI=1S/C14H21N3O2S/c1-9-8-10(2)17-13(16-9)20-7-5-11-4-3-6-14(11,15)12(18)19/h8,11H,3-7,15H2,1-2H3,(H,18,19). The van der Waals surface area contributed by atoms with Gasteiger partial charge in [0, 0.05) is 17.1 Å². The second-order valence-corrected chi connectivity index (χ2v) is 6.57. The number of carbonyl (C=O) groups is 1. The zero-order valence-corrected chi connectivity index (χ0v) is 12.7. The fourth-order valence-corrected chi connectivity index (χ4v) is 3.84. The minimum absolute atomic E-state index is 0.0541. The number of rotatable bonds is 5. The first kappa shape index (κ1) is 15.3. The van der Waals surface area contributed by atoms with E-state index >= 15 is 0 Å². The molecule has 110 valence electrons. The first-order valence-electron chi connectivity index (χ1n) is 6.89. The maximum absolute atomic E-state index is 11.3. The molecule has 5 nitrogen and oxygen atoms in total. The summed E-state index contributed by atoms with van der Waals surface area (Å²) in [6.07, 6.45) is 3.18. The fraction of sp³-hybridized carbons (Fsp3) is 0.643. The number of carboxylic acid groups (broad SMARTS) is 1. The number of aromatic nitrogens is 2. The van der Waals surface area contributed by atoms with Crippen molar-refractivity contribution >= 4 is 17.7 Å². The first-order valence-corrected chi connectivity index (χ1v) is 7.88. The molecule has 0 saturated heterocycles. The van der Waals surface area contributed by atoms with Crippen molar-refractivity contribution in [2.45, 2.75) is 50.2 Å². The van der Waals surface area contributed by atoms with Crippen LogP contribution in [-0.2, 0) is 4.79 Å². The zero-order valence-electron chi connectivity index (χ0n) is 11.9. The van der Waals surface area contributed by atoms with Crippen LogP contribution in [0.25, 0.3) is 0 Å². The Morgan fingerprint density at radius 3 is 2.75 bits per heavy atom. The number of thioether (sulfide) groups is 1. The lowest BCUT2D eigenvalue weighted by molar-refractivity contribution is -0.144. The van der Waals surface area contributed by atoms with Crippen LogP contribution >= 0.6 is 11.8 Å². The van der Waals surface area contributed by atoms with Crippen LogP contribution < -0.4 is 5.73 Å². The molecule has 0 aromatic carbocycles. The molecule has 2 atom stereocenters. The molecule has 6 heteroatoms. The summed E-state index contributed by atoms with van der Waals surface area (Å²) >= 11 is 1.58. The highest BCUT2D eigenvalue weighted by atomic mass is 32.2. The number of aliphatic carboxylic acids is 1. The third kappa shape index (κ3) is 3.30. The van der Waals surface area contributed by atoms with Crippen molar-refractivity contribution < 1.29 is 9.90 Å². The van der Waals surface area contributed by atoms with E-state index in [0.717, 1.165) is 41.6 Å². The zero-order chi connectivity index (χ0) is 14.8. The van der Waals surface area contributed by atoms with Gasteiger partial charge < -0.3 is 10.8 Å². The van der Waals surface area contributed by atoms with E-state index in [-0.39, 0.29) is 5.92 Å². The molecule has 0 radical (unpaired) electrons. The predicted octanol–water partition coefficient (Wildman–Crippen LogP) is 2.16. The van der Waals surface area contributed by atoms with Crippen molar-refractivity contribution in [1.29, 1.82) is 0 Å². The quantitative estimate of drug-likeness (QED) is 0.639. The van der Waals surface area contributed by atoms with Gasteiger partial charge in [-0.2, -0.15) is 0 Å². The minimum Gasteiger partial charge on any atom is -0.480 e. The van der Waals surface area contributed by atoms with Gasteiger partial charge in [-0.05, 0) is 45.1 Å². The SMILES string of the molecule is Cc1cc(C)nc(SCCC2CCCC2(N)C(=O)O)n1. The Bertz CT molecular complexity index is 489. The van der Waals surface area contributed by atoms with Gasteiger partial charge in [-0.15, -0.1) is 0 Å². The first-order chi connectivity index (χ1) is 9.41. The molecule has 1 aliphatic rings. The lowest BCUT2D eigenvalue weighted by Crippen LogP contribution is -2.51. The Labute approximate surface area is 123 Å². The predicted molar refractivity (Wildman–Crippen MR) is 78.7 cm³/mol. The van der Waals surface area contributed by atoms with E-state index in [0.29, 0.717) is 6.42 Å². The average Bonchev–Trinajstić information content (AvgIpc) is 2.71. The summed E-state index contributed by atoms with van der Waals surface area (Å²) in [5.74, 6) is -0.00849. The molecular formula is C14H21N3O2S. The summed E-state index contributed by atoms with van der Waals surface area (Å²) in [7, 11) is 0. The van der Waals surface area contributed by atoms with Crippen LogP contribution in [0.2, 0.25) is 0 Å². The van der Waals surface area contributed by atoms with Crippen molar-refractivity contribution in [3.8, 4) is 0 Å². The van der Waals surface area contributed by atoms with E-state index in [1.54, 1.807) is 11.8 Å². The third-order valence-electron chi connectivity index (χ3n) is 3.93. The van der Waals surface area contributed by atoms with E-state index in [2.05, 4.69) is 9.97 Å². The molecule has 1 saturated carbocycles. The van der Waals surface area contributed by atoms with Gasteiger partial charge in [0.25, 0.3) is 0 Å². The number of nitrogens with two attached hydrogens (primary N) is 1. The van der Waals surface area contributed by atoms with Crippen molar-refractivity contribution in [2.75, 3.05) is 5.75 Å². The molecule has 1 aromatic rings. The Balaban J connectivity index is 1.91. The van der Waals surface area contributed by atoms with E-state index in [1.807, 2.05) is 19.9 Å². The van der Waals surface area contributed by atoms with Crippen molar-refractivity contribution in [2.24, 2.45) is 11.7 Å². The average molecular weight is 295 g/mol. The number of hydrogen-bond acceptors (Lipinski definition) is 5. The van der Waals surface area contributed by atoms with Crippen LogP contribution in [0, 0.1) is 19.8 Å². The normalized spacial score (nSPS) is 25.9. The molecule has 3 N–H and O–H groups in total. The molecule has 0 spiro atoms. The van der Waals surface area contributed by atoms with Gasteiger partial charge >= 0.3 is 5.97 Å². The van der Waals surface area contributed by atoms with Gasteiger partial charge in [0.15, 0.2) is 5.16 Å². The molecule has 1 aliphatic carbocycles. The largest absolute Gasteiger partial charge is 0.480 e. The maximum atomic E-state index is 11.3. The Morgan fingerprint density at radius 1 is 1.50 bits per heavy atom. The summed E-state index contributed by atoms with van der Waals surface area (Å²) in [4.78, 5) is 20.0. The van der Waals surface area contributed by atoms with Crippen LogP contribution in [0.1, 0.15) is 37.1 Å². The molecular weight excluding hydrogens is 274 g/mol. The Morgan fingerprint density at radius 2 is 2.15 bits per heavy atom. The monoisotopic (exact) mass is 295 g/mol. The van der Waals surface area contributed by atoms with Gasteiger partial charge in [0.2, 0.25) is 0 Å². The van der Waals surface area contributed by atoms with E-state index < -0.39 is 11.5 Å². The van der Waals surface area contributed by atoms with E-state index in [4.69, 9.17) is 5.73 Å². The van der Waals surface area contributed by atoms with Crippen molar-refractivity contribution in [1.82, 2.24) is 9.97 Å². The molecule has 1 fully saturated rings. The number of aryl methyl sites for hydroxylation is 2. The molecule has 0 bridgehead atoms. The van der Waals surface area contributed by atoms with Crippen LogP contribution in [0.4, 0.5) is 0 Å². The second-order valence-electron chi connectivity index (χ2n) is 5.51. The summed E-state index contributed by atoms with van der Waals surface area (Å²) in [6.45, 7) is 3.90. The van der Waals surface area contributed by atoms with Gasteiger partial charge in [-0.3, -0.25) is 4.79 Å². The van der Waals surface area contributed by atoms with Gasteiger partial charge in [0.1, 0.15) is 5.54 Å². The third-order valence-corrected chi connectivity index (χ3v) is 4.81. The molecule has 2 rings (SSSR count). The van der Waals surface area contributed by atoms with Gasteiger partial charge in [-0.25, -0.2) is 9.97 Å². The summed E-state index contributed by atoms with van der Waals surface area (Å²) in [6, 6.07) is 1.94. The lowest BCUT2D eigenvalue weighted by atomic mass is 9.86. The molecule has 1 aromatic heterocycles. The second kappa shape index (κ2) is 6.10. The maximum Gasteiger partial charge on any atom is 0.323 e. The molecule has 2 unspecified atom stereocenters. The van der Waals surface area contributed by atoms with Gasteiger partial charge in [-0.1, -0.05) is 18.2 Å². The lowest BCUT2D eigenvalue weighted by Gasteiger charge is -2.26. The topological polar surface area (TPSA) is 89.1 Å². The number of hydrogen-bond donors (Lipinski definition) is 2. The minimum atomic E-state index is -1.04. The van der Waals surface area contributed by atoms with Crippen molar-refractivity contribution in [3.05, 3.63) is 17.5 Å². The molecule has 0 aliphatic heterocycles. The number of nitrogens with zero attached hydrogens (tertiary/aromatic N) is 2. The van der Waals surface area contributed by atoms with Crippen LogP contribution in [0.5, 0.6) is 0 Å². The molecule has 1 heterocycles. The highest BCUT2D eigenvalue weighted by Crippen LogP contribution is 2.37. The Hall–Kier alpha value is -1.14. The van der Waals surface area contributed by atoms with Crippen molar-refractivity contribution in [3.63, 3.8) is 0 Å². The number of carboxylic acids is 1. The van der Waals surface area contributed by atoms with E-state index in [9.17, 15) is 9.90 Å². The summed E-state index contributed by atoms with van der Waals surface area (Å²) in [5, 5.41) is 10.0. The summed E-state index contributed by atoms with van der Waals surface area (Å²) in [5.41, 5.74) is 6.91. The van der Waals surface area contributed by atoms with Gasteiger partial charge in [0.05, 0.1) is 0 Å². The van der Waals surface area contributed by atoms with Crippen LogP contribution in [0.3, 0.4) is 0 Å². The molecule has 20 heavy (non-hydrogen) atoms. The van der Waals surface area contributed by atoms with E-state index in [1.165, 1.54) is 0 Å². The molecule has 0 amide bonds. The summed E-state index contributed by atoms with van der Waals surface area (Å²) < 4.78 is 0. The highest BCUT2D eigenvalue weighted by molar-refractivity contribution is 7.99. The highest BCUT2D eigenvalue weighted by Gasteiger charge is 2.45. The van der Waals surface area contributed by atoms with Crippen LogP contribution in [0.15, 0.2) is 11.2 Å². The fourth-order valence-electron chi connectivity index (χ4n) is 2.84.